The maximum Gasteiger partial charge on any atom is 0.416 e. The van der Waals surface area contributed by atoms with Gasteiger partial charge in [0.05, 0.1) is 5.56 Å². The normalized spacial score (nSPS) is 16.0. The first-order chi connectivity index (χ1) is 12.9. The third-order valence-electron chi connectivity index (χ3n) is 5.16. The van der Waals surface area contributed by atoms with Gasteiger partial charge in [-0.1, -0.05) is 26.0 Å². The first-order valence-electron chi connectivity index (χ1n) is 9.05. The topological polar surface area (TPSA) is 53.2 Å². The lowest BCUT2D eigenvalue weighted by molar-refractivity contribution is -0.137. The summed E-state index contributed by atoms with van der Waals surface area (Å²) in [7, 11) is 1.59. The van der Waals surface area contributed by atoms with Crippen molar-refractivity contribution in [3.8, 4) is 0 Å². The molecule has 1 aliphatic rings. The molecule has 1 amide bonds. The lowest BCUT2D eigenvalue weighted by Gasteiger charge is -2.28. The molecule has 0 saturated heterocycles. The Morgan fingerprint density at radius 1 is 1.18 bits per heavy atom. The molecule has 150 valence electrons. The Bertz CT molecular complexity index is 924. The molecule has 2 aromatic rings. The van der Waals surface area contributed by atoms with E-state index >= 15 is 0 Å². The number of H-pyrrole nitrogens is 1. The number of aromatic nitrogens is 1. The SMILES string of the molecule is Cc1c(C(=O)N(C)Cc2ccc(C(F)(F)F)cc2)[nH]c2c1C(=O)CC(C)(C)C2. The van der Waals surface area contributed by atoms with Gasteiger partial charge >= 0.3 is 6.18 Å². The number of hydrogen-bond acceptors (Lipinski definition) is 2. The maximum atomic E-state index is 12.9. The molecule has 1 aromatic heterocycles. The van der Waals surface area contributed by atoms with Crippen molar-refractivity contribution in [3.05, 3.63) is 57.9 Å². The lowest BCUT2D eigenvalue weighted by atomic mass is 9.75. The van der Waals surface area contributed by atoms with Gasteiger partial charge in [0, 0.05) is 31.3 Å². The molecule has 4 nitrogen and oxygen atoms in total. The highest BCUT2D eigenvalue weighted by atomic mass is 19.4. The lowest BCUT2D eigenvalue weighted by Crippen LogP contribution is -2.27. The van der Waals surface area contributed by atoms with E-state index in [0.29, 0.717) is 35.2 Å². The summed E-state index contributed by atoms with van der Waals surface area (Å²) in [5.41, 5.74) is 2.10. The van der Waals surface area contributed by atoms with Gasteiger partial charge in [0.25, 0.3) is 5.91 Å². The van der Waals surface area contributed by atoms with Crippen molar-refractivity contribution in [1.29, 1.82) is 0 Å². The van der Waals surface area contributed by atoms with Gasteiger partial charge in [-0.05, 0) is 42.0 Å². The largest absolute Gasteiger partial charge is 0.416 e. The minimum atomic E-state index is -4.39. The average Bonchev–Trinajstić information content (AvgIpc) is 2.89. The number of halogens is 3. The van der Waals surface area contributed by atoms with E-state index in [9.17, 15) is 22.8 Å². The summed E-state index contributed by atoms with van der Waals surface area (Å²) in [4.78, 5) is 29.9. The first kappa shape index (κ1) is 20.2. The summed E-state index contributed by atoms with van der Waals surface area (Å²) in [6.07, 6.45) is -3.26. The number of amides is 1. The summed E-state index contributed by atoms with van der Waals surface area (Å²) in [6, 6.07) is 4.75. The van der Waals surface area contributed by atoms with Gasteiger partial charge in [0.15, 0.2) is 5.78 Å². The van der Waals surface area contributed by atoms with Gasteiger partial charge in [-0.3, -0.25) is 9.59 Å². The number of fused-ring (bicyclic) bond motifs is 1. The molecule has 0 spiro atoms. The Kier molecular flexibility index (Phi) is 4.89. The number of ketones is 1. The zero-order chi connectivity index (χ0) is 20.9. The molecule has 0 bridgehead atoms. The number of benzene rings is 1. The average molecular weight is 392 g/mol. The highest BCUT2D eigenvalue weighted by molar-refractivity contribution is 6.04. The number of nitrogens with zero attached hydrogens (tertiary/aromatic N) is 1. The van der Waals surface area contributed by atoms with Crippen molar-refractivity contribution in [1.82, 2.24) is 9.88 Å². The van der Waals surface area contributed by atoms with Gasteiger partial charge in [0.2, 0.25) is 0 Å². The number of alkyl halides is 3. The van der Waals surface area contributed by atoms with E-state index in [1.54, 1.807) is 14.0 Å². The molecule has 0 unspecified atom stereocenters. The Morgan fingerprint density at radius 2 is 1.79 bits per heavy atom. The molecule has 0 fully saturated rings. The number of nitrogens with one attached hydrogen (secondary N) is 1. The van der Waals surface area contributed by atoms with Crippen LogP contribution in [0, 0.1) is 12.3 Å². The van der Waals surface area contributed by atoms with Crippen LogP contribution in [0.3, 0.4) is 0 Å². The quantitative estimate of drug-likeness (QED) is 0.818. The molecular weight excluding hydrogens is 369 g/mol. The van der Waals surface area contributed by atoms with Crippen molar-refractivity contribution in [2.24, 2.45) is 5.41 Å². The number of Topliss-reactive ketones (excluding diaryl/α,β-unsaturated/α-hetero) is 1. The standard InChI is InChI=1S/C21H23F3N2O2/c1-12-17-15(9-20(2,3)10-16(17)27)25-18(12)19(28)26(4)11-13-5-7-14(8-6-13)21(22,23)24/h5-8,25H,9-11H2,1-4H3. The molecule has 3 rings (SSSR count). The van der Waals surface area contributed by atoms with Crippen molar-refractivity contribution in [2.75, 3.05) is 7.05 Å². The molecule has 0 saturated carbocycles. The highest BCUT2D eigenvalue weighted by Crippen LogP contribution is 2.37. The van der Waals surface area contributed by atoms with E-state index in [0.717, 1.165) is 17.8 Å². The maximum absolute atomic E-state index is 12.9. The number of carbonyl (C=O) groups is 2. The second kappa shape index (κ2) is 6.79. The van der Waals surface area contributed by atoms with E-state index in [-0.39, 0.29) is 23.7 Å². The smallest absolute Gasteiger partial charge is 0.354 e. The summed E-state index contributed by atoms with van der Waals surface area (Å²) in [6.45, 7) is 5.95. The molecule has 1 aromatic carbocycles. The van der Waals surface area contributed by atoms with Crippen LogP contribution in [0.4, 0.5) is 13.2 Å². The number of aromatic amines is 1. The van der Waals surface area contributed by atoms with Gasteiger partial charge in [-0.2, -0.15) is 13.2 Å². The molecule has 0 radical (unpaired) electrons. The van der Waals surface area contributed by atoms with Crippen LogP contribution in [0.5, 0.6) is 0 Å². The van der Waals surface area contributed by atoms with Crippen molar-refractivity contribution < 1.29 is 22.8 Å². The van der Waals surface area contributed by atoms with Crippen LogP contribution in [-0.4, -0.2) is 28.6 Å². The van der Waals surface area contributed by atoms with E-state index in [1.807, 2.05) is 13.8 Å². The predicted octanol–water partition coefficient (Wildman–Crippen LogP) is 4.77. The predicted molar refractivity (Wildman–Crippen MR) is 99.2 cm³/mol. The minimum Gasteiger partial charge on any atom is -0.354 e. The van der Waals surface area contributed by atoms with Crippen LogP contribution in [0.1, 0.15) is 63.5 Å². The van der Waals surface area contributed by atoms with Crippen molar-refractivity contribution >= 4 is 11.7 Å². The van der Waals surface area contributed by atoms with Crippen LogP contribution in [0.2, 0.25) is 0 Å². The summed E-state index contributed by atoms with van der Waals surface area (Å²) in [5.74, 6) is -0.262. The van der Waals surface area contributed by atoms with Crippen LogP contribution in [-0.2, 0) is 19.1 Å². The summed E-state index contributed by atoms with van der Waals surface area (Å²) >= 11 is 0. The third-order valence-corrected chi connectivity index (χ3v) is 5.16. The van der Waals surface area contributed by atoms with Crippen LogP contribution < -0.4 is 0 Å². The molecule has 7 heteroatoms. The van der Waals surface area contributed by atoms with E-state index in [4.69, 9.17) is 0 Å². The second-order valence-corrected chi connectivity index (χ2v) is 8.28. The summed E-state index contributed by atoms with van der Waals surface area (Å²) < 4.78 is 38.0. The fourth-order valence-electron chi connectivity index (χ4n) is 3.78. The Morgan fingerprint density at radius 3 is 2.36 bits per heavy atom. The third kappa shape index (κ3) is 3.84. The van der Waals surface area contributed by atoms with Gasteiger partial charge in [0.1, 0.15) is 5.69 Å². The molecule has 0 aliphatic heterocycles. The van der Waals surface area contributed by atoms with E-state index in [1.165, 1.54) is 17.0 Å². The zero-order valence-corrected chi connectivity index (χ0v) is 16.3. The molecule has 28 heavy (non-hydrogen) atoms. The first-order valence-corrected chi connectivity index (χ1v) is 9.05. The Balaban J connectivity index is 1.80. The van der Waals surface area contributed by atoms with Gasteiger partial charge in [-0.25, -0.2) is 0 Å². The monoisotopic (exact) mass is 392 g/mol. The second-order valence-electron chi connectivity index (χ2n) is 8.28. The van der Waals surface area contributed by atoms with Gasteiger partial charge < -0.3 is 9.88 Å². The fraction of sp³-hybridized carbons (Fsp3) is 0.429. The number of rotatable bonds is 3. The molecule has 0 atom stereocenters. The summed E-state index contributed by atoms with van der Waals surface area (Å²) in [5, 5.41) is 0. The van der Waals surface area contributed by atoms with Gasteiger partial charge in [-0.15, -0.1) is 0 Å². The number of carbonyl (C=O) groups excluding carboxylic acids is 2. The zero-order valence-electron chi connectivity index (χ0n) is 16.3. The Labute approximate surface area is 161 Å². The van der Waals surface area contributed by atoms with E-state index in [2.05, 4.69) is 4.98 Å². The van der Waals surface area contributed by atoms with Crippen LogP contribution in [0.25, 0.3) is 0 Å². The molecule has 1 aliphatic carbocycles. The van der Waals surface area contributed by atoms with Crippen LogP contribution in [0.15, 0.2) is 24.3 Å². The van der Waals surface area contributed by atoms with Crippen molar-refractivity contribution in [3.63, 3.8) is 0 Å². The van der Waals surface area contributed by atoms with Crippen molar-refractivity contribution in [2.45, 2.75) is 46.3 Å². The molecule has 1 heterocycles. The Hall–Kier alpha value is -2.57. The highest BCUT2D eigenvalue weighted by Gasteiger charge is 2.35. The van der Waals surface area contributed by atoms with Crippen LogP contribution >= 0.6 is 0 Å². The molecule has 1 N–H and O–H groups in total. The number of hydrogen-bond donors (Lipinski definition) is 1. The minimum absolute atomic E-state index is 0.0319. The van der Waals surface area contributed by atoms with E-state index < -0.39 is 11.7 Å². The molecular formula is C21H23F3N2O2. The fourth-order valence-corrected chi connectivity index (χ4v) is 3.78.